The monoisotopic (exact) mass is 254 g/mol. The molecule has 1 rings (SSSR count). The molecule has 0 radical (unpaired) electrons. The van der Waals surface area contributed by atoms with Crippen molar-refractivity contribution in [2.45, 2.75) is 52.1 Å². The summed E-state index contributed by atoms with van der Waals surface area (Å²) in [5.41, 5.74) is 7.77. The molecule has 0 saturated heterocycles. The Hall–Kier alpha value is -0.730. The lowest BCUT2D eigenvalue weighted by molar-refractivity contribution is 0.288. The van der Waals surface area contributed by atoms with Gasteiger partial charge in [0, 0.05) is 12.1 Å². The fourth-order valence-corrected chi connectivity index (χ4v) is 2.30. The van der Waals surface area contributed by atoms with Crippen molar-refractivity contribution < 1.29 is 0 Å². The van der Waals surface area contributed by atoms with Crippen molar-refractivity contribution in [3.05, 3.63) is 28.8 Å². The molecule has 0 aliphatic carbocycles. The molecule has 0 aliphatic rings. The van der Waals surface area contributed by atoms with E-state index in [0.29, 0.717) is 10.7 Å². The molecule has 1 aromatic rings. The van der Waals surface area contributed by atoms with Crippen LogP contribution in [0.2, 0.25) is 5.02 Å². The van der Waals surface area contributed by atoms with Gasteiger partial charge in [-0.25, -0.2) is 0 Å². The Labute approximate surface area is 110 Å². The van der Waals surface area contributed by atoms with Crippen LogP contribution in [-0.2, 0) is 6.54 Å². The Morgan fingerprint density at radius 1 is 1.18 bits per heavy atom. The molecule has 2 nitrogen and oxygen atoms in total. The number of hydrogen-bond donors (Lipinski definition) is 2. The summed E-state index contributed by atoms with van der Waals surface area (Å²) in [5, 5.41) is 4.28. The van der Waals surface area contributed by atoms with E-state index < -0.39 is 0 Å². The van der Waals surface area contributed by atoms with Crippen LogP contribution in [-0.4, -0.2) is 5.54 Å². The van der Waals surface area contributed by atoms with E-state index in [1.54, 1.807) is 0 Å². The largest absolute Gasteiger partial charge is 0.398 e. The van der Waals surface area contributed by atoms with Crippen molar-refractivity contribution >= 4 is 17.3 Å². The summed E-state index contributed by atoms with van der Waals surface area (Å²) in [5.74, 6) is 0. The Kier molecular flexibility index (Phi) is 5.29. The highest BCUT2D eigenvalue weighted by atomic mass is 35.5. The van der Waals surface area contributed by atoms with Gasteiger partial charge in [-0.05, 0) is 37.0 Å². The number of hydrogen-bond acceptors (Lipinski definition) is 2. The van der Waals surface area contributed by atoms with E-state index in [2.05, 4.69) is 26.1 Å². The first kappa shape index (κ1) is 14.3. The van der Waals surface area contributed by atoms with Crippen LogP contribution in [0.15, 0.2) is 18.2 Å². The van der Waals surface area contributed by atoms with Crippen molar-refractivity contribution in [1.82, 2.24) is 5.32 Å². The molecular weight excluding hydrogens is 232 g/mol. The van der Waals surface area contributed by atoms with Crippen LogP contribution in [0, 0.1) is 0 Å². The van der Waals surface area contributed by atoms with Gasteiger partial charge >= 0.3 is 0 Å². The Morgan fingerprint density at radius 2 is 1.76 bits per heavy atom. The van der Waals surface area contributed by atoms with Gasteiger partial charge in [-0.3, -0.25) is 0 Å². The highest BCUT2D eigenvalue weighted by Crippen LogP contribution is 2.22. The fraction of sp³-hybridized carbons (Fsp3) is 0.571. The summed E-state index contributed by atoms with van der Waals surface area (Å²) in [6.45, 7) is 7.54. The van der Waals surface area contributed by atoms with Crippen molar-refractivity contribution in [2.75, 3.05) is 5.73 Å². The predicted molar refractivity (Wildman–Crippen MR) is 76.3 cm³/mol. The third-order valence-electron chi connectivity index (χ3n) is 3.76. The zero-order chi connectivity index (χ0) is 12.9. The number of nitrogens with two attached hydrogens (primary N) is 1. The molecule has 3 heteroatoms. The van der Waals surface area contributed by atoms with Crippen LogP contribution in [0.5, 0.6) is 0 Å². The molecule has 0 amide bonds. The van der Waals surface area contributed by atoms with Gasteiger partial charge in [0.25, 0.3) is 0 Å². The van der Waals surface area contributed by atoms with Crippen LogP contribution in [0.25, 0.3) is 0 Å². The minimum Gasteiger partial charge on any atom is -0.398 e. The maximum Gasteiger partial charge on any atom is 0.0638 e. The quantitative estimate of drug-likeness (QED) is 0.754. The summed E-state index contributed by atoms with van der Waals surface area (Å²) >= 11 is 6.01. The summed E-state index contributed by atoms with van der Waals surface area (Å²) in [6.07, 6.45) is 3.42. The fourth-order valence-electron chi connectivity index (χ4n) is 2.10. The van der Waals surface area contributed by atoms with Crippen LogP contribution in [0.1, 0.15) is 45.6 Å². The van der Waals surface area contributed by atoms with Crippen LogP contribution in [0.3, 0.4) is 0 Å². The standard InChI is InChI=1S/C14H23ClN2/c1-4-14(5-2,6-3)17-10-11-7-8-13(16)12(15)9-11/h7-9,17H,4-6,10,16H2,1-3H3. The summed E-state index contributed by atoms with van der Waals surface area (Å²) in [7, 11) is 0. The first-order chi connectivity index (χ1) is 8.06. The van der Waals surface area contributed by atoms with E-state index in [9.17, 15) is 0 Å². The number of halogens is 1. The first-order valence-corrected chi connectivity index (χ1v) is 6.73. The van der Waals surface area contributed by atoms with Crippen LogP contribution in [0.4, 0.5) is 5.69 Å². The Balaban J connectivity index is 2.68. The SMILES string of the molecule is CCC(CC)(CC)NCc1ccc(N)c(Cl)c1. The second-order valence-electron chi connectivity index (χ2n) is 4.55. The van der Waals surface area contributed by atoms with Crippen LogP contribution < -0.4 is 11.1 Å². The maximum absolute atomic E-state index is 6.01. The van der Waals surface area contributed by atoms with Crippen molar-refractivity contribution in [3.8, 4) is 0 Å². The highest BCUT2D eigenvalue weighted by Gasteiger charge is 2.22. The lowest BCUT2D eigenvalue weighted by Gasteiger charge is -2.32. The molecule has 0 fully saturated rings. The number of nitrogen functional groups attached to an aromatic ring is 1. The summed E-state index contributed by atoms with van der Waals surface area (Å²) < 4.78 is 0. The van der Waals surface area contributed by atoms with Crippen molar-refractivity contribution in [1.29, 1.82) is 0 Å². The smallest absolute Gasteiger partial charge is 0.0638 e. The molecule has 0 aliphatic heterocycles. The Bertz CT molecular complexity index is 351. The molecule has 0 saturated carbocycles. The second kappa shape index (κ2) is 6.27. The molecule has 0 aromatic heterocycles. The summed E-state index contributed by atoms with van der Waals surface area (Å²) in [6, 6.07) is 5.83. The molecule has 96 valence electrons. The van der Waals surface area contributed by atoms with Gasteiger partial charge in [0.05, 0.1) is 10.7 Å². The van der Waals surface area contributed by atoms with E-state index in [-0.39, 0.29) is 5.54 Å². The molecule has 0 heterocycles. The predicted octanol–water partition coefficient (Wildman–Crippen LogP) is 3.98. The molecule has 0 unspecified atom stereocenters. The van der Waals surface area contributed by atoms with Gasteiger partial charge in [-0.2, -0.15) is 0 Å². The molecule has 17 heavy (non-hydrogen) atoms. The lowest BCUT2D eigenvalue weighted by atomic mass is 9.89. The van der Waals surface area contributed by atoms with Crippen LogP contribution >= 0.6 is 11.6 Å². The number of anilines is 1. The molecule has 1 aromatic carbocycles. The number of nitrogens with one attached hydrogen (secondary N) is 1. The average Bonchev–Trinajstić information content (AvgIpc) is 2.36. The minimum atomic E-state index is 0.244. The second-order valence-corrected chi connectivity index (χ2v) is 4.96. The molecule has 0 spiro atoms. The van der Waals surface area contributed by atoms with E-state index in [1.165, 1.54) is 5.56 Å². The lowest BCUT2D eigenvalue weighted by Crippen LogP contribution is -2.43. The normalized spacial score (nSPS) is 11.8. The van der Waals surface area contributed by atoms with Gasteiger partial charge in [0.2, 0.25) is 0 Å². The molecular formula is C14H23ClN2. The first-order valence-electron chi connectivity index (χ1n) is 6.35. The van der Waals surface area contributed by atoms with Gasteiger partial charge in [-0.15, -0.1) is 0 Å². The third kappa shape index (κ3) is 3.62. The molecule has 3 N–H and O–H groups in total. The zero-order valence-corrected chi connectivity index (χ0v) is 11.8. The highest BCUT2D eigenvalue weighted by molar-refractivity contribution is 6.33. The van der Waals surface area contributed by atoms with E-state index in [4.69, 9.17) is 17.3 Å². The Morgan fingerprint density at radius 3 is 2.24 bits per heavy atom. The number of benzene rings is 1. The van der Waals surface area contributed by atoms with Crippen molar-refractivity contribution in [3.63, 3.8) is 0 Å². The molecule has 0 bridgehead atoms. The number of rotatable bonds is 6. The average molecular weight is 255 g/mol. The van der Waals surface area contributed by atoms with Gasteiger partial charge in [0.1, 0.15) is 0 Å². The van der Waals surface area contributed by atoms with E-state index >= 15 is 0 Å². The third-order valence-corrected chi connectivity index (χ3v) is 4.09. The molecule has 0 atom stereocenters. The zero-order valence-electron chi connectivity index (χ0n) is 11.0. The van der Waals surface area contributed by atoms with Gasteiger partial charge < -0.3 is 11.1 Å². The summed E-state index contributed by atoms with van der Waals surface area (Å²) in [4.78, 5) is 0. The topological polar surface area (TPSA) is 38.0 Å². The van der Waals surface area contributed by atoms with Gasteiger partial charge in [-0.1, -0.05) is 38.4 Å². The minimum absolute atomic E-state index is 0.244. The maximum atomic E-state index is 6.01. The van der Waals surface area contributed by atoms with E-state index in [0.717, 1.165) is 25.8 Å². The van der Waals surface area contributed by atoms with Crippen molar-refractivity contribution in [2.24, 2.45) is 0 Å². The van der Waals surface area contributed by atoms with Gasteiger partial charge in [0.15, 0.2) is 0 Å². The van der Waals surface area contributed by atoms with E-state index in [1.807, 2.05) is 18.2 Å².